The largest absolute Gasteiger partial charge is 0.294 e. The van der Waals surface area contributed by atoms with Gasteiger partial charge in [0.1, 0.15) is 0 Å². The van der Waals surface area contributed by atoms with E-state index in [-0.39, 0.29) is 0 Å². The number of fused-ring (bicyclic) bond motifs is 1. The van der Waals surface area contributed by atoms with Crippen molar-refractivity contribution in [3.05, 3.63) is 65.2 Å². The van der Waals surface area contributed by atoms with E-state index < -0.39 is 10.0 Å². The molecule has 1 aliphatic heterocycles. The van der Waals surface area contributed by atoms with Gasteiger partial charge in [0.15, 0.2) is 0 Å². The van der Waals surface area contributed by atoms with Crippen LogP contribution in [0.4, 0.5) is 0 Å². The Balaban J connectivity index is 1.45. The van der Waals surface area contributed by atoms with E-state index in [0.717, 1.165) is 32.4 Å². The van der Waals surface area contributed by atoms with Gasteiger partial charge in [-0.1, -0.05) is 36.4 Å². The van der Waals surface area contributed by atoms with Gasteiger partial charge in [-0.2, -0.15) is 4.31 Å². The number of benzene rings is 2. The van der Waals surface area contributed by atoms with Crippen LogP contribution in [0.2, 0.25) is 0 Å². The molecule has 4 nitrogen and oxygen atoms in total. The Morgan fingerprint density at radius 2 is 1.58 bits per heavy atom. The molecule has 5 heteroatoms. The van der Waals surface area contributed by atoms with Crippen molar-refractivity contribution >= 4 is 10.0 Å². The fourth-order valence-electron chi connectivity index (χ4n) is 4.13. The molecule has 0 radical (unpaired) electrons. The zero-order chi connectivity index (χ0) is 18.1. The van der Waals surface area contributed by atoms with Gasteiger partial charge in [-0.25, -0.2) is 8.42 Å². The van der Waals surface area contributed by atoms with Gasteiger partial charge in [-0.3, -0.25) is 4.90 Å². The number of aryl methyl sites for hydroxylation is 2. The van der Waals surface area contributed by atoms with Gasteiger partial charge < -0.3 is 0 Å². The molecule has 4 rings (SSSR count). The highest BCUT2D eigenvalue weighted by molar-refractivity contribution is 7.89. The molecular formula is C21H26N2O2S. The summed E-state index contributed by atoms with van der Waals surface area (Å²) in [5, 5.41) is 0. The number of rotatable bonds is 4. The Hall–Kier alpha value is -1.69. The lowest BCUT2D eigenvalue weighted by atomic mass is 10.1. The van der Waals surface area contributed by atoms with Crippen LogP contribution < -0.4 is 0 Å². The summed E-state index contributed by atoms with van der Waals surface area (Å²) in [7, 11) is -3.39. The summed E-state index contributed by atoms with van der Waals surface area (Å²) >= 11 is 0. The first-order valence-electron chi connectivity index (χ1n) is 9.46. The predicted octanol–water partition coefficient (Wildman–Crippen LogP) is 3.24. The Morgan fingerprint density at radius 3 is 2.31 bits per heavy atom. The molecular weight excluding hydrogens is 344 g/mol. The standard InChI is InChI=1S/C21H26N2O2S/c1-17(18-6-3-2-4-7-18)22-12-14-23(15-13-22)26(24,25)21-11-10-19-8-5-9-20(19)16-21/h2-4,6-7,10-11,16-17H,5,8-9,12-15H2,1H3/t17-/m0/s1. The van der Waals surface area contributed by atoms with E-state index in [1.165, 1.54) is 16.7 Å². The van der Waals surface area contributed by atoms with E-state index in [4.69, 9.17) is 0 Å². The molecule has 0 N–H and O–H groups in total. The molecule has 26 heavy (non-hydrogen) atoms. The first-order chi connectivity index (χ1) is 12.6. The Bertz CT molecular complexity index is 872. The number of sulfonamides is 1. The van der Waals surface area contributed by atoms with Crippen molar-refractivity contribution in [1.29, 1.82) is 0 Å². The van der Waals surface area contributed by atoms with Crippen LogP contribution in [0.15, 0.2) is 53.4 Å². The van der Waals surface area contributed by atoms with Gasteiger partial charge in [-0.15, -0.1) is 0 Å². The van der Waals surface area contributed by atoms with Gasteiger partial charge in [-0.05, 0) is 55.0 Å². The van der Waals surface area contributed by atoms with Gasteiger partial charge >= 0.3 is 0 Å². The minimum atomic E-state index is -3.39. The van der Waals surface area contributed by atoms with E-state index in [9.17, 15) is 8.42 Å². The van der Waals surface area contributed by atoms with Crippen LogP contribution in [-0.2, 0) is 22.9 Å². The quantitative estimate of drug-likeness (QED) is 0.830. The minimum absolute atomic E-state index is 0.307. The zero-order valence-corrected chi connectivity index (χ0v) is 16.1. The average Bonchev–Trinajstić information content (AvgIpc) is 3.16. The van der Waals surface area contributed by atoms with Gasteiger partial charge in [0.05, 0.1) is 4.90 Å². The molecule has 0 saturated carbocycles. The first-order valence-corrected chi connectivity index (χ1v) is 10.9. The zero-order valence-electron chi connectivity index (χ0n) is 15.3. The van der Waals surface area contributed by atoms with Crippen LogP contribution in [0.5, 0.6) is 0 Å². The van der Waals surface area contributed by atoms with Crippen LogP contribution in [0, 0.1) is 0 Å². The molecule has 0 spiro atoms. The smallest absolute Gasteiger partial charge is 0.243 e. The van der Waals surface area contributed by atoms with E-state index in [0.29, 0.717) is 24.0 Å². The van der Waals surface area contributed by atoms with Gasteiger partial charge in [0.25, 0.3) is 0 Å². The molecule has 1 saturated heterocycles. The van der Waals surface area contributed by atoms with Crippen molar-refractivity contribution in [3.63, 3.8) is 0 Å². The summed E-state index contributed by atoms with van der Waals surface area (Å²) in [5.74, 6) is 0. The van der Waals surface area contributed by atoms with Gasteiger partial charge in [0, 0.05) is 32.2 Å². The summed E-state index contributed by atoms with van der Waals surface area (Å²) in [5.41, 5.74) is 3.80. The highest BCUT2D eigenvalue weighted by Crippen LogP contribution is 2.28. The molecule has 2 aromatic rings. The third-order valence-electron chi connectivity index (χ3n) is 5.81. The Morgan fingerprint density at radius 1 is 0.885 bits per heavy atom. The monoisotopic (exact) mass is 370 g/mol. The molecule has 138 valence electrons. The molecule has 1 fully saturated rings. The number of nitrogens with zero attached hydrogens (tertiary/aromatic N) is 2. The maximum atomic E-state index is 13.0. The van der Waals surface area contributed by atoms with Crippen LogP contribution in [0.3, 0.4) is 0 Å². The molecule has 0 amide bonds. The van der Waals surface area contributed by atoms with Crippen LogP contribution in [0.1, 0.15) is 36.1 Å². The molecule has 0 unspecified atom stereocenters. The SMILES string of the molecule is C[C@@H](c1ccccc1)N1CCN(S(=O)(=O)c2ccc3c(c2)CCC3)CC1. The molecule has 0 aromatic heterocycles. The summed E-state index contributed by atoms with van der Waals surface area (Å²) in [4.78, 5) is 2.83. The fourth-order valence-corrected chi connectivity index (χ4v) is 5.60. The van der Waals surface area contributed by atoms with E-state index in [2.05, 4.69) is 36.1 Å². The summed E-state index contributed by atoms with van der Waals surface area (Å²) in [6.07, 6.45) is 3.21. The second-order valence-electron chi connectivity index (χ2n) is 7.31. The minimum Gasteiger partial charge on any atom is -0.294 e. The highest BCUT2D eigenvalue weighted by Gasteiger charge is 2.30. The number of hydrogen-bond donors (Lipinski definition) is 0. The van der Waals surface area contributed by atoms with Crippen LogP contribution in [-0.4, -0.2) is 43.8 Å². The fraction of sp³-hybridized carbons (Fsp3) is 0.429. The first kappa shape index (κ1) is 17.7. The van der Waals surface area contributed by atoms with Crippen LogP contribution >= 0.6 is 0 Å². The lowest BCUT2D eigenvalue weighted by molar-refractivity contribution is 0.146. The average molecular weight is 371 g/mol. The van der Waals surface area contributed by atoms with Crippen molar-refractivity contribution in [3.8, 4) is 0 Å². The Kier molecular flexibility index (Phi) is 4.86. The van der Waals surface area contributed by atoms with E-state index in [1.54, 1.807) is 10.4 Å². The van der Waals surface area contributed by atoms with Crippen molar-refractivity contribution in [2.75, 3.05) is 26.2 Å². The third-order valence-corrected chi connectivity index (χ3v) is 7.71. The maximum absolute atomic E-state index is 13.0. The second kappa shape index (κ2) is 7.14. The molecule has 1 aliphatic carbocycles. The van der Waals surface area contributed by atoms with Crippen molar-refractivity contribution in [1.82, 2.24) is 9.21 Å². The maximum Gasteiger partial charge on any atom is 0.243 e. The lowest BCUT2D eigenvalue weighted by Crippen LogP contribution is -2.49. The number of hydrogen-bond acceptors (Lipinski definition) is 3. The summed E-state index contributed by atoms with van der Waals surface area (Å²) < 4.78 is 27.7. The third kappa shape index (κ3) is 3.31. The summed E-state index contributed by atoms with van der Waals surface area (Å²) in [6.45, 7) is 4.83. The normalized spacial score (nSPS) is 20.0. The van der Waals surface area contributed by atoms with E-state index in [1.807, 2.05) is 18.2 Å². The Labute approximate surface area is 156 Å². The molecule has 0 bridgehead atoms. The molecule has 2 aliphatic rings. The topological polar surface area (TPSA) is 40.6 Å². The highest BCUT2D eigenvalue weighted by atomic mass is 32.2. The summed E-state index contributed by atoms with van der Waals surface area (Å²) in [6, 6.07) is 16.4. The molecule has 1 atom stereocenters. The second-order valence-corrected chi connectivity index (χ2v) is 9.25. The van der Waals surface area contributed by atoms with Crippen molar-refractivity contribution in [2.24, 2.45) is 0 Å². The van der Waals surface area contributed by atoms with Gasteiger partial charge in [0.2, 0.25) is 10.0 Å². The number of piperazine rings is 1. The van der Waals surface area contributed by atoms with Crippen molar-refractivity contribution in [2.45, 2.75) is 37.1 Å². The lowest BCUT2D eigenvalue weighted by Gasteiger charge is -2.37. The van der Waals surface area contributed by atoms with Crippen molar-refractivity contribution < 1.29 is 8.42 Å². The molecule has 2 aromatic carbocycles. The predicted molar refractivity (Wildman–Crippen MR) is 104 cm³/mol. The molecule has 1 heterocycles. The van der Waals surface area contributed by atoms with Crippen LogP contribution in [0.25, 0.3) is 0 Å². The van der Waals surface area contributed by atoms with E-state index >= 15 is 0 Å².